The zero-order valence-corrected chi connectivity index (χ0v) is 11.2. The van der Waals surface area contributed by atoms with E-state index >= 15 is 0 Å². The molecule has 0 radical (unpaired) electrons. The van der Waals surface area contributed by atoms with E-state index in [4.69, 9.17) is 14.3 Å². The van der Waals surface area contributed by atoms with Crippen LogP contribution in [0.15, 0.2) is 22.6 Å². The fourth-order valence-corrected chi connectivity index (χ4v) is 2.59. The number of para-hydroxylation sites is 1. The number of aromatic nitrogens is 1. The number of fused-ring (bicyclic) bond motifs is 1. The highest BCUT2D eigenvalue weighted by molar-refractivity contribution is 5.99. The second kappa shape index (κ2) is 5.63. The Kier molecular flexibility index (Phi) is 3.69. The summed E-state index contributed by atoms with van der Waals surface area (Å²) in [5, 5.41) is 9.12. The maximum absolute atomic E-state index is 11.1. The summed E-state index contributed by atoms with van der Waals surface area (Å²) in [4.78, 5) is 15.5. The number of carboxylic acids is 1. The Hall–Kier alpha value is -1.88. The molecule has 5 nitrogen and oxygen atoms in total. The van der Waals surface area contributed by atoms with Crippen molar-refractivity contribution in [1.29, 1.82) is 0 Å². The van der Waals surface area contributed by atoms with Gasteiger partial charge in [-0.25, -0.2) is 9.78 Å². The molecule has 1 unspecified atom stereocenters. The molecular formula is C15H17NO4. The van der Waals surface area contributed by atoms with Gasteiger partial charge in [0, 0.05) is 13.0 Å². The summed E-state index contributed by atoms with van der Waals surface area (Å²) >= 11 is 0. The van der Waals surface area contributed by atoms with Gasteiger partial charge in [-0.3, -0.25) is 0 Å². The Morgan fingerprint density at radius 1 is 1.40 bits per heavy atom. The molecule has 3 rings (SSSR count). The van der Waals surface area contributed by atoms with Crippen molar-refractivity contribution in [2.45, 2.75) is 38.2 Å². The van der Waals surface area contributed by atoms with Crippen molar-refractivity contribution in [3.05, 3.63) is 29.7 Å². The monoisotopic (exact) mass is 275 g/mol. The first kappa shape index (κ1) is 13.1. The number of ether oxygens (including phenoxy) is 1. The largest absolute Gasteiger partial charge is 0.478 e. The average Bonchev–Trinajstić information content (AvgIpc) is 2.88. The smallest absolute Gasteiger partial charge is 0.339 e. The number of hydrogen-bond donors (Lipinski definition) is 1. The van der Waals surface area contributed by atoms with Crippen LogP contribution in [-0.4, -0.2) is 28.8 Å². The molecule has 5 heteroatoms. The molecule has 1 N–H and O–H groups in total. The number of aromatic carboxylic acids is 1. The van der Waals surface area contributed by atoms with Crippen molar-refractivity contribution in [2.24, 2.45) is 0 Å². The Balaban J connectivity index is 1.75. The first-order chi connectivity index (χ1) is 9.74. The Labute approximate surface area is 116 Å². The molecule has 0 amide bonds. The van der Waals surface area contributed by atoms with Crippen molar-refractivity contribution >= 4 is 17.1 Å². The summed E-state index contributed by atoms with van der Waals surface area (Å²) in [5.41, 5.74) is 1.12. The third-order valence-electron chi connectivity index (χ3n) is 3.64. The lowest BCUT2D eigenvalue weighted by Gasteiger charge is -2.21. The predicted molar refractivity (Wildman–Crippen MR) is 72.9 cm³/mol. The lowest BCUT2D eigenvalue weighted by Crippen LogP contribution is -2.19. The van der Waals surface area contributed by atoms with E-state index in [0.717, 1.165) is 25.9 Å². The van der Waals surface area contributed by atoms with E-state index in [9.17, 15) is 4.79 Å². The summed E-state index contributed by atoms with van der Waals surface area (Å²) in [5.74, 6) is -0.406. The SMILES string of the molecule is O=C(O)c1cccc2nc(CCC3CCCCO3)oc12. The van der Waals surface area contributed by atoms with Crippen LogP contribution in [0.4, 0.5) is 0 Å². The number of carboxylic acid groups (broad SMARTS) is 1. The number of carbonyl (C=O) groups is 1. The molecule has 2 heterocycles. The van der Waals surface area contributed by atoms with Crippen molar-refractivity contribution in [3.63, 3.8) is 0 Å². The maximum atomic E-state index is 11.1. The molecule has 1 saturated heterocycles. The normalized spacial score (nSPS) is 19.3. The molecule has 2 aromatic rings. The van der Waals surface area contributed by atoms with Crippen LogP contribution in [0.2, 0.25) is 0 Å². The Morgan fingerprint density at radius 3 is 3.05 bits per heavy atom. The number of rotatable bonds is 4. The van der Waals surface area contributed by atoms with Crippen LogP contribution in [0.5, 0.6) is 0 Å². The highest BCUT2D eigenvalue weighted by Gasteiger charge is 2.17. The van der Waals surface area contributed by atoms with Gasteiger partial charge in [-0.05, 0) is 37.8 Å². The highest BCUT2D eigenvalue weighted by Crippen LogP contribution is 2.23. The molecular weight excluding hydrogens is 258 g/mol. The molecule has 0 spiro atoms. The molecule has 0 aliphatic carbocycles. The zero-order chi connectivity index (χ0) is 13.9. The van der Waals surface area contributed by atoms with Gasteiger partial charge in [0.25, 0.3) is 0 Å². The molecule has 20 heavy (non-hydrogen) atoms. The predicted octanol–water partition coefficient (Wildman–Crippen LogP) is 3.03. The lowest BCUT2D eigenvalue weighted by molar-refractivity contribution is 0.0106. The molecule has 1 aliphatic rings. The minimum absolute atomic E-state index is 0.162. The Morgan fingerprint density at radius 2 is 2.30 bits per heavy atom. The van der Waals surface area contributed by atoms with Crippen molar-refractivity contribution in [2.75, 3.05) is 6.61 Å². The van der Waals surface area contributed by atoms with Crippen LogP contribution in [0.1, 0.15) is 41.9 Å². The van der Waals surface area contributed by atoms with Gasteiger partial charge in [0.15, 0.2) is 11.5 Å². The molecule has 1 fully saturated rings. The summed E-state index contributed by atoms with van der Waals surface area (Å²) in [6.07, 6.45) is 5.26. The van der Waals surface area contributed by atoms with Crippen molar-refractivity contribution in [1.82, 2.24) is 4.98 Å². The molecule has 1 aliphatic heterocycles. The van der Waals surface area contributed by atoms with E-state index in [1.165, 1.54) is 12.5 Å². The fraction of sp³-hybridized carbons (Fsp3) is 0.467. The van der Waals surface area contributed by atoms with Gasteiger partial charge in [-0.1, -0.05) is 6.07 Å². The summed E-state index contributed by atoms with van der Waals surface area (Å²) in [6, 6.07) is 4.98. The van der Waals surface area contributed by atoms with Gasteiger partial charge >= 0.3 is 5.97 Å². The molecule has 1 aromatic heterocycles. The van der Waals surface area contributed by atoms with Gasteiger partial charge in [0.1, 0.15) is 11.1 Å². The molecule has 1 atom stereocenters. The van der Waals surface area contributed by atoms with Crippen LogP contribution in [0.3, 0.4) is 0 Å². The van der Waals surface area contributed by atoms with Crippen LogP contribution < -0.4 is 0 Å². The van der Waals surface area contributed by atoms with Crippen LogP contribution >= 0.6 is 0 Å². The Bertz CT molecular complexity index is 613. The van der Waals surface area contributed by atoms with E-state index in [1.807, 2.05) is 0 Å². The molecule has 1 aromatic carbocycles. The van der Waals surface area contributed by atoms with Crippen LogP contribution in [0, 0.1) is 0 Å². The second-order valence-corrected chi connectivity index (χ2v) is 5.09. The first-order valence-electron chi connectivity index (χ1n) is 6.97. The minimum Gasteiger partial charge on any atom is -0.478 e. The highest BCUT2D eigenvalue weighted by atomic mass is 16.5. The van der Waals surface area contributed by atoms with Gasteiger partial charge in [0.05, 0.1) is 6.10 Å². The fourth-order valence-electron chi connectivity index (χ4n) is 2.59. The zero-order valence-electron chi connectivity index (χ0n) is 11.2. The van der Waals surface area contributed by atoms with E-state index in [1.54, 1.807) is 12.1 Å². The van der Waals surface area contributed by atoms with E-state index in [-0.39, 0.29) is 11.7 Å². The minimum atomic E-state index is -0.992. The van der Waals surface area contributed by atoms with Gasteiger partial charge in [-0.15, -0.1) is 0 Å². The molecule has 0 bridgehead atoms. The van der Waals surface area contributed by atoms with E-state index in [0.29, 0.717) is 23.4 Å². The van der Waals surface area contributed by atoms with Gasteiger partial charge in [-0.2, -0.15) is 0 Å². The van der Waals surface area contributed by atoms with E-state index < -0.39 is 5.97 Å². The summed E-state index contributed by atoms with van der Waals surface area (Å²) < 4.78 is 11.3. The number of benzene rings is 1. The van der Waals surface area contributed by atoms with Gasteiger partial charge < -0.3 is 14.3 Å². The van der Waals surface area contributed by atoms with Crippen LogP contribution in [-0.2, 0) is 11.2 Å². The molecule has 0 saturated carbocycles. The topological polar surface area (TPSA) is 72.6 Å². The molecule has 106 valence electrons. The van der Waals surface area contributed by atoms with Crippen molar-refractivity contribution < 1.29 is 19.1 Å². The summed E-state index contributed by atoms with van der Waals surface area (Å²) in [6.45, 7) is 0.835. The number of nitrogens with zero attached hydrogens (tertiary/aromatic N) is 1. The van der Waals surface area contributed by atoms with Gasteiger partial charge in [0.2, 0.25) is 0 Å². The standard InChI is InChI=1S/C15H17NO4/c17-15(18)11-5-3-6-12-14(11)20-13(16-12)8-7-10-4-1-2-9-19-10/h3,5-6,10H,1-2,4,7-9H2,(H,17,18). The third-order valence-corrected chi connectivity index (χ3v) is 3.64. The average molecular weight is 275 g/mol. The lowest BCUT2D eigenvalue weighted by atomic mass is 10.0. The maximum Gasteiger partial charge on any atom is 0.339 e. The number of hydrogen-bond acceptors (Lipinski definition) is 4. The van der Waals surface area contributed by atoms with Crippen LogP contribution in [0.25, 0.3) is 11.1 Å². The number of aryl methyl sites for hydroxylation is 1. The van der Waals surface area contributed by atoms with E-state index in [2.05, 4.69) is 4.98 Å². The summed E-state index contributed by atoms with van der Waals surface area (Å²) in [7, 11) is 0. The quantitative estimate of drug-likeness (QED) is 0.928. The third kappa shape index (κ3) is 2.67. The number of oxazole rings is 1. The first-order valence-corrected chi connectivity index (χ1v) is 6.97. The van der Waals surface area contributed by atoms with Crippen molar-refractivity contribution in [3.8, 4) is 0 Å². The second-order valence-electron chi connectivity index (χ2n) is 5.09.